The molecule has 212 valence electrons. The first-order chi connectivity index (χ1) is 19.8. The summed E-state index contributed by atoms with van der Waals surface area (Å²) in [6.07, 6.45) is -2.88. The number of carbonyl (C=O) groups is 1. The molecule has 6 heteroatoms. The maximum absolute atomic E-state index is 11.5. The largest absolute Gasteiger partial charge is 0.462 e. The van der Waals surface area contributed by atoms with Crippen LogP contribution in [0.1, 0.15) is 36.1 Å². The number of rotatable bonds is 8. The minimum atomic E-state index is -1.27. The highest BCUT2D eigenvalue weighted by Gasteiger charge is 2.54. The van der Waals surface area contributed by atoms with E-state index in [9.17, 15) is 15.0 Å². The molecule has 6 nitrogen and oxygen atoms in total. The van der Waals surface area contributed by atoms with E-state index < -0.39 is 30.0 Å². The van der Waals surface area contributed by atoms with Crippen molar-refractivity contribution in [1.82, 2.24) is 5.32 Å². The Morgan fingerprint density at radius 1 is 0.878 bits per heavy atom. The van der Waals surface area contributed by atoms with Crippen LogP contribution < -0.4 is 10.1 Å². The lowest BCUT2D eigenvalue weighted by Crippen LogP contribution is -2.60. The summed E-state index contributed by atoms with van der Waals surface area (Å²) in [6.45, 7) is 5.96. The molecule has 0 unspecified atom stereocenters. The van der Waals surface area contributed by atoms with Gasteiger partial charge in [-0.2, -0.15) is 0 Å². The summed E-state index contributed by atoms with van der Waals surface area (Å²) in [5.74, 6) is -0.0367. The van der Waals surface area contributed by atoms with Gasteiger partial charge in [-0.25, -0.2) is 0 Å². The van der Waals surface area contributed by atoms with Crippen molar-refractivity contribution in [2.45, 2.75) is 51.3 Å². The van der Waals surface area contributed by atoms with Gasteiger partial charge in [-0.05, 0) is 53.3 Å². The monoisotopic (exact) mass is 551 g/mol. The predicted octanol–water partition coefficient (Wildman–Crippen LogP) is 5.38. The van der Waals surface area contributed by atoms with Crippen molar-refractivity contribution in [3.8, 4) is 16.9 Å². The molecule has 5 rings (SSSR count). The molecule has 0 saturated carbocycles. The van der Waals surface area contributed by atoms with Crippen molar-refractivity contribution >= 4 is 5.91 Å². The van der Waals surface area contributed by atoms with E-state index in [1.54, 1.807) is 0 Å². The van der Waals surface area contributed by atoms with Crippen molar-refractivity contribution in [2.75, 3.05) is 6.54 Å². The Morgan fingerprint density at radius 3 is 2.15 bits per heavy atom. The van der Waals surface area contributed by atoms with Gasteiger partial charge in [0, 0.05) is 19.4 Å². The molecule has 0 aromatic heterocycles. The highest BCUT2D eigenvalue weighted by atomic mass is 16.7. The Morgan fingerprint density at radius 2 is 1.54 bits per heavy atom. The van der Waals surface area contributed by atoms with Crippen LogP contribution in [0.25, 0.3) is 11.1 Å². The molecule has 1 aliphatic heterocycles. The van der Waals surface area contributed by atoms with Gasteiger partial charge in [0.25, 0.3) is 0 Å². The van der Waals surface area contributed by atoms with Crippen molar-refractivity contribution in [1.29, 1.82) is 0 Å². The standard InChI is InChI=1S/C35H37NO5/c1-23-11-10-12-27(21-23)31-22-30(18-17-26(31)19-20-36-25(3)37)40-34-33(39)32(38)24(2)35(41-34,28-13-6-4-7-14-28)29-15-8-5-9-16-29/h4-18,21-22,24,32-34,38-39H,19-20H2,1-3H3,(H,36,37)/t24-,32-,33-,34+/m1/s1. The molecule has 4 aromatic rings. The quantitative estimate of drug-likeness (QED) is 0.274. The number of hydrogen-bond acceptors (Lipinski definition) is 5. The van der Waals surface area contributed by atoms with Crippen LogP contribution in [-0.4, -0.2) is 41.2 Å². The second-order valence-corrected chi connectivity index (χ2v) is 10.8. The molecule has 4 atom stereocenters. The molecule has 1 saturated heterocycles. The van der Waals surface area contributed by atoms with Crippen LogP contribution >= 0.6 is 0 Å². The molecular weight excluding hydrogens is 514 g/mol. The lowest BCUT2D eigenvalue weighted by atomic mass is 9.71. The summed E-state index contributed by atoms with van der Waals surface area (Å²) in [4.78, 5) is 11.5. The van der Waals surface area contributed by atoms with Crippen LogP contribution in [0, 0.1) is 12.8 Å². The molecule has 0 bridgehead atoms. The smallest absolute Gasteiger partial charge is 0.229 e. The van der Waals surface area contributed by atoms with E-state index >= 15 is 0 Å². The zero-order valence-electron chi connectivity index (χ0n) is 23.7. The molecule has 41 heavy (non-hydrogen) atoms. The molecule has 1 amide bonds. The fourth-order valence-corrected chi connectivity index (χ4v) is 5.79. The number of carbonyl (C=O) groups excluding carboxylic acids is 1. The Kier molecular flexibility index (Phi) is 8.54. The van der Waals surface area contributed by atoms with Crippen LogP contribution in [-0.2, 0) is 21.6 Å². The van der Waals surface area contributed by atoms with E-state index in [1.165, 1.54) is 6.92 Å². The van der Waals surface area contributed by atoms with E-state index in [0.29, 0.717) is 18.7 Å². The fraction of sp³-hybridized carbons (Fsp3) is 0.286. The van der Waals surface area contributed by atoms with Gasteiger partial charge in [0.15, 0.2) is 0 Å². The predicted molar refractivity (Wildman–Crippen MR) is 159 cm³/mol. The average Bonchev–Trinajstić information content (AvgIpc) is 2.99. The third-order valence-corrected chi connectivity index (χ3v) is 7.92. The van der Waals surface area contributed by atoms with Crippen LogP contribution in [0.4, 0.5) is 0 Å². The fourth-order valence-electron chi connectivity index (χ4n) is 5.79. The summed E-state index contributed by atoms with van der Waals surface area (Å²) < 4.78 is 13.1. The third kappa shape index (κ3) is 5.91. The molecule has 1 aliphatic rings. The van der Waals surface area contributed by atoms with Gasteiger partial charge in [0.05, 0.1) is 6.10 Å². The van der Waals surface area contributed by atoms with Gasteiger partial charge < -0.3 is 25.0 Å². The molecule has 3 N–H and O–H groups in total. The van der Waals surface area contributed by atoms with Crippen molar-refractivity contribution < 1.29 is 24.5 Å². The Labute approximate surface area is 241 Å². The lowest BCUT2D eigenvalue weighted by Gasteiger charge is -2.50. The molecule has 0 aliphatic carbocycles. The first-order valence-electron chi connectivity index (χ1n) is 14.1. The maximum atomic E-state index is 11.5. The summed E-state index contributed by atoms with van der Waals surface area (Å²) in [7, 11) is 0. The van der Waals surface area contributed by atoms with Crippen LogP contribution in [0.5, 0.6) is 5.75 Å². The number of aryl methyl sites for hydroxylation is 1. The zero-order chi connectivity index (χ0) is 29.0. The minimum Gasteiger partial charge on any atom is -0.462 e. The second kappa shape index (κ2) is 12.3. The molecular formula is C35H37NO5. The first-order valence-corrected chi connectivity index (χ1v) is 14.1. The number of ether oxygens (including phenoxy) is 2. The normalized spacial score (nSPS) is 21.7. The highest BCUT2D eigenvalue weighted by molar-refractivity contribution is 5.73. The van der Waals surface area contributed by atoms with Crippen LogP contribution in [0.2, 0.25) is 0 Å². The van der Waals surface area contributed by atoms with Gasteiger partial charge in [-0.1, -0.05) is 103 Å². The average molecular weight is 552 g/mol. The van der Waals surface area contributed by atoms with E-state index in [4.69, 9.17) is 9.47 Å². The third-order valence-electron chi connectivity index (χ3n) is 7.92. The Hall–Kier alpha value is -3.97. The minimum absolute atomic E-state index is 0.0707. The van der Waals surface area contributed by atoms with E-state index in [1.807, 2.05) is 111 Å². The van der Waals surface area contributed by atoms with Gasteiger partial charge in [-0.3, -0.25) is 4.79 Å². The number of amides is 1. The van der Waals surface area contributed by atoms with E-state index in [0.717, 1.165) is 33.4 Å². The number of aliphatic hydroxyl groups excluding tert-OH is 2. The molecule has 1 heterocycles. The summed E-state index contributed by atoms with van der Waals surface area (Å²) in [5, 5.41) is 25.4. The summed E-state index contributed by atoms with van der Waals surface area (Å²) in [5.41, 5.74) is 4.85. The zero-order valence-corrected chi connectivity index (χ0v) is 23.7. The van der Waals surface area contributed by atoms with Crippen LogP contribution in [0.15, 0.2) is 103 Å². The summed E-state index contributed by atoms with van der Waals surface area (Å²) in [6, 6.07) is 33.5. The van der Waals surface area contributed by atoms with Gasteiger partial charge in [0.1, 0.15) is 17.5 Å². The molecule has 4 aromatic carbocycles. The van der Waals surface area contributed by atoms with Gasteiger partial charge in [0.2, 0.25) is 12.2 Å². The molecule has 1 fully saturated rings. The number of aliphatic hydroxyl groups is 2. The molecule has 0 radical (unpaired) electrons. The first kappa shape index (κ1) is 28.6. The SMILES string of the molecule is CC(=O)NCCc1ccc(O[C@H]2OC(c3ccccc3)(c3ccccc3)[C@H](C)[C@@H](O)[C@H]2O)cc1-c1cccc(C)c1. The van der Waals surface area contributed by atoms with E-state index in [-0.39, 0.29) is 5.91 Å². The highest BCUT2D eigenvalue weighted by Crippen LogP contribution is 2.47. The Bertz CT molecular complexity index is 1430. The van der Waals surface area contributed by atoms with Crippen molar-refractivity contribution in [3.05, 3.63) is 125 Å². The number of nitrogens with one attached hydrogen (secondary N) is 1. The van der Waals surface area contributed by atoms with E-state index in [2.05, 4.69) is 11.4 Å². The van der Waals surface area contributed by atoms with Crippen LogP contribution in [0.3, 0.4) is 0 Å². The number of benzene rings is 4. The molecule has 0 spiro atoms. The Balaban J connectivity index is 1.53. The maximum Gasteiger partial charge on any atom is 0.229 e. The summed E-state index contributed by atoms with van der Waals surface area (Å²) >= 11 is 0. The van der Waals surface area contributed by atoms with Gasteiger partial charge >= 0.3 is 0 Å². The van der Waals surface area contributed by atoms with Crippen molar-refractivity contribution in [3.63, 3.8) is 0 Å². The van der Waals surface area contributed by atoms with Crippen molar-refractivity contribution in [2.24, 2.45) is 5.92 Å². The number of hydrogen-bond donors (Lipinski definition) is 3. The second-order valence-electron chi connectivity index (χ2n) is 10.8. The lowest BCUT2D eigenvalue weighted by molar-refractivity contribution is -0.287. The van der Waals surface area contributed by atoms with Gasteiger partial charge in [-0.15, -0.1) is 0 Å². The topological polar surface area (TPSA) is 88.0 Å².